The summed E-state index contributed by atoms with van der Waals surface area (Å²) in [5.74, 6) is 1.17. The summed E-state index contributed by atoms with van der Waals surface area (Å²) in [4.78, 5) is 14.0. The second-order valence-corrected chi connectivity index (χ2v) is 6.59. The Kier molecular flexibility index (Phi) is 7.69. The summed E-state index contributed by atoms with van der Waals surface area (Å²) >= 11 is 5.79. The zero-order valence-electron chi connectivity index (χ0n) is 14.0. The van der Waals surface area contributed by atoms with Crippen LogP contribution in [0.3, 0.4) is 0 Å². The van der Waals surface area contributed by atoms with Crippen molar-refractivity contribution in [1.82, 2.24) is 10.2 Å². The second-order valence-electron chi connectivity index (χ2n) is 6.32. The van der Waals surface area contributed by atoms with Crippen LogP contribution < -0.4 is 10.1 Å². The van der Waals surface area contributed by atoms with E-state index in [9.17, 15) is 4.79 Å². The molecule has 1 aromatic rings. The summed E-state index contributed by atoms with van der Waals surface area (Å²) in [5.41, 5.74) is 0.616. The third kappa shape index (κ3) is 6.67. The largest absolute Gasteiger partial charge is 0.492 e. The lowest BCUT2D eigenvalue weighted by Gasteiger charge is -2.20. The molecule has 0 aliphatic heterocycles. The minimum absolute atomic E-state index is 0.0131. The first-order valence-electron chi connectivity index (χ1n) is 7.56. The number of nitrogens with zero attached hydrogens (tertiary/aromatic N) is 1. The number of halogens is 1. The van der Waals surface area contributed by atoms with Crippen LogP contribution in [0.4, 0.5) is 0 Å². The van der Waals surface area contributed by atoms with Crippen molar-refractivity contribution in [2.45, 2.75) is 20.3 Å². The second kappa shape index (κ2) is 9.01. The quantitative estimate of drug-likeness (QED) is 0.709. The number of rotatable bonds is 9. The normalized spacial score (nSPS) is 11.5. The number of amides is 1. The standard InChI is InChI=1S/C17H27ClN2O2/c1-17(2,13-18)16(21)19-9-8-14-6-5-7-15(12-14)22-11-10-20(3)4/h5-7,12H,8-11,13H2,1-4H3,(H,19,21). The van der Waals surface area contributed by atoms with Gasteiger partial charge < -0.3 is 15.0 Å². The van der Waals surface area contributed by atoms with Crippen LogP contribution in [-0.2, 0) is 11.2 Å². The summed E-state index contributed by atoms with van der Waals surface area (Å²) < 4.78 is 5.71. The van der Waals surface area contributed by atoms with Gasteiger partial charge in [0.2, 0.25) is 5.91 Å². The molecule has 0 saturated heterocycles. The van der Waals surface area contributed by atoms with Crippen LogP contribution >= 0.6 is 11.6 Å². The smallest absolute Gasteiger partial charge is 0.226 e. The van der Waals surface area contributed by atoms with E-state index in [1.54, 1.807) is 0 Å². The van der Waals surface area contributed by atoms with Gasteiger partial charge in [-0.2, -0.15) is 0 Å². The Balaban J connectivity index is 2.42. The summed E-state index contributed by atoms with van der Waals surface area (Å²) in [6, 6.07) is 7.99. The first-order chi connectivity index (χ1) is 10.3. The van der Waals surface area contributed by atoms with Gasteiger partial charge >= 0.3 is 0 Å². The number of alkyl halides is 1. The lowest BCUT2D eigenvalue weighted by molar-refractivity contribution is -0.128. The van der Waals surface area contributed by atoms with Crippen LogP contribution in [0.25, 0.3) is 0 Å². The number of carbonyl (C=O) groups excluding carboxylic acids is 1. The number of hydrogen-bond acceptors (Lipinski definition) is 3. The van der Waals surface area contributed by atoms with Crippen molar-refractivity contribution in [3.05, 3.63) is 29.8 Å². The number of nitrogens with one attached hydrogen (secondary N) is 1. The average Bonchev–Trinajstić information content (AvgIpc) is 2.47. The highest BCUT2D eigenvalue weighted by atomic mass is 35.5. The van der Waals surface area contributed by atoms with Gasteiger partial charge in [0, 0.05) is 19.0 Å². The molecule has 1 amide bonds. The van der Waals surface area contributed by atoms with Crippen molar-refractivity contribution in [1.29, 1.82) is 0 Å². The van der Waals surface area contributed by atoms with Gasteiger partial charge in [-0.05, 0) is 52.1 Å². The van der Waals surface area contributed by atoms with E-state index in [-0.39, 0.29) is 5.91 Å². The van der Waals surface area contributed by atoms with Gasteiger partial charge in [-0.3, -0.25) is 4.79 Å². The Morgan fingerprint density at radius 3 is 2.73 bits per heavy atom. The first kappa shape index (κ1) is 18.8. The van der Waals surface area contributed by atoms with E-state index in [2.05, 4.69) is 10.2 Å². The minimum atomic E-state index is -0.529. The van der Waals surface area contributed by atoms with Crippen molar-refractivity contribution in [3.63, 3.8) is 0 Å². The van der Waals surface area contributed by atoms with Gasteiger partial charge in [0.1, 0.15) is 12.4 Å². The number of likely N-dealkylation sites (N-methyl/N-ethyl adjacent to an activating group) is 1. The Bertz CT molecular complexity index is 475. The SMILES string of the molecule is CN(C)CCOc1cccc(CCNC(=O)C(C)(C)CCl)c1. The van der Waals surface area contributed by atoms with Gasteiger partial charge in [-0.25, -0.2) is 0 Å². The molecule has 0 saturated carbocycles. The molecule has 1 aromatic carbocycles. The van der Waals surface area contributed by atoms with E-state index >= 15 is 0 Å². The summed E-state index contributed by atoms with van der Waals surface area (Å²) in [5, 5.41) is 2.93. The molecule has 0 spiro atoms. The van der Waals surface area contributed by atoms with Crippen molar-refractivity contribution in [2.24, 2.45) is 5.41 Å². The number of hydrogen-bond donors (Lipinski definition) is 1. The van der Waals surface area contributed by atoms with Crippen LogP contribution in [0.15, 0.2) is 24.3 Å². The number of carbonyl (C=O) groups is 1. The van der Waals surface area contributed by atoms with Crippen LogP contribution in [-0.4, -0.2) is 50.5 Å². The van der Waals surface area contributed by atoms with Crippen molar-refractivity contribution in [2.75, 3.05) is 39.7 Å². The van der Waals surface area contributed by atoms with E-state index in [0.717, 1.165) is 24.3 Å². The highest BCUT2D eigenvalue weighted by Gasteiger charge is 2.25. The molecule has 1 rings (SSSR count). The van der Waals surface area contributed by atoms with Gasteiger partial charge in [0.15, 0.2) is 0 Å². The third-order valence-electron chi connectivity index (χ3n) is 3.35. The molecule has 124 valence electrons. The van der Waals surface area contributed by atoms with E-state index in [1.807, 2.05) is 52.2 Å². The first-order valence-corrected chi connectivity index (χ1v) is 8.09. The summed E-state index contributed by atoms with van der Waals surface area (Å²) in [6.07, 6.45) is 0.773. The third-order valence-corrected chi connectivity index (χ3v) is 4.02. The molecule has 0 aromatic heterocycles. The van der Waals surface area contributed by atoms with Gasteiger partial charge in [0.05, 0.1) is 5.41 Å². The highest BCUT2D eigenvalue weighted by Crippen LogP contribution is 2.17. The molecule has 22 heavy (non-hydrogen) atoms. The molecule has 1 N–H and O–H groups in total. The molecule has 0 fully saturated rings. The minimum Gasteiger partial charge on any atom is -0.492 e. The maximum Gasteiger partial charge on any atom is 0.226 e. The molecule has 0 radical (unpaired) electrons. The molecule has 0 atom stereocenters. The zero-order valence-corrected chi connectivity index (χ0v) is 14.7. The Morgan fingerprint density at radius 1 is 1.36 bits per heavy atom. The molecular formula is C17H27ClN2O2. The molecule has 0 unspecified atom stereocenters. The maximum atomic E-state index is 11.9. The van der Waals surface area contributed by atoms with E-state index in [0.29, 0.717) is 19.0 Å². The van der Waals surface area contributed by atoms with Gasteiger partial charge in [0.25, 0.3) is 0 Å². The van der Waals surface area contributed by atoms with Gasteiger partial charge in [-0.15, -0.1) is 11.6 Å². The zero-order chi connectivity index (χ0) is 16.6. The molecule has 0 aliphatic carbocycles. The molecule has 5 heteroatoms. The van der Waals surface area contributed by atoms with E-state index in [4.69, 9.17) is 16.3 Å². The fourth-order valence-electron chi connectivity index (χ4n) is 1.76. The predicted molar refractivity (Wildman–Crippen MR) is 91.7 cm³/mol. The van der Waals surface area contributed by atoms with E-state index < -0.39 is 5.41 Å². The van der Waals surface area contributed by atoms with Crippen LogP contribution in [0.5, 0.6) is 5.75 Å². The monoisotopic (exact) mass is 326 g/mol. The van der Waals surface area contributed by atoms with Crippen molar-refractivity contribution < 1.29 is 9.53 Å². The predicted octanol–water partition coefficient (Wildman–Crippen LogP) is 2.55. The van der Waals surface area contributed by atoms with Crippen LogP contribution in [0.2, 0.25) is 0 Å². The number of benzene rings is 1. The maximum absolute atomic E-state index is 11.9. The Labute approximate surface area is 138 Å². The molecular weight excluding hydrogens is 300 g/mol. The highest BCUT2D eigenvalue weighted by molar-refractivity contribution is 6.19. The molecule has 4 nitrogen and oxygen atoms in total. The lowest BCUT2D eigenvalue weighted by Crippen LogP contribution is -2.39. The summed E-state index contributed by atoms with van der Waals surface area (Å²) in [7, 11) is 4.04. The topological polar surface area (TPSA) is 41.6 Å². The Hall–Kier alpha value is -1.26. The van der Waals surface area contributed by atoms with Crippen LogP contribution in [0, 0.1) is 5.41 Å². The van der Waals surface area contributed by atoms with E-state index in [1.165, 1.54) is 0 Å². The fraction of sp³-hybridized carbons (Fsp3) is 0.588. The van der Waals surface area contributed by atoms with Gasteiger partial charge in [-0.1, -0.05) is 12.1 Å². The van der Waals surface area contributed by atoms with Crippen molar-refractivity contribution >= 4 is 17.5 Å². The number of ether oxygens (including phenoxy) is 1. The fourth-order valence-corrected chi connectivity index (χ4v) is 1.88. The molecule has 0 heterocycles. The molecule has 0 bridgehead atoms. The molecule has 0 aliphatic rings. The summed E-state index contributed by atoms with van der Waals surface area (Å²) in [6.45, 7) is 5.83. The van der Waals surface area contributed by atoms with Crippen LogP contribution in [0.1, 0.15) is 19.4 Å². The average molecular weight is 327 g/mol. The van der Waals surface area contributed by atoms with Crippen molar-refractivity contribution in [3.8, 4) is 5.75 Å². The lowest BCUT2D eigenvalue weighted by atomic mass is 9.95. The Morgan fingerprint density at radius 2 is 2.09 bits per heavy atom.